The van der Waals surface area contributed by atoms with Crippen molar-refractivity contribution in [2.45, 2.75) is 33.1 Å². The van der Waals surface area contributed by atoms with Crippen LogP contribution in [0.1, 0.15) is 38.7 Å². The van der Waals surface area contributed by atoms with Crippen molar-refractivity contribution in [3.05, 3.63) is 65.9 Å². The summed E-state index contributed by atoms with van der Waals surface area (Å²) in [5.41, 5.74) is 3.47. The summed E-state index contributed by atoms with van der Waals surface area (Å²) in [5.74, 6) is -0.730. The number of hydrogen-bond donors (Lipinski definition) is 2. The molecule has 1 aliphatic heterocycles. The summed E-state index contributed by atoms with van der Waals surface area (Å²) in [6, 6.07) is 14.8. The lowest BCUT2D eigenvalue weighted by Crippen LogP contribution is -2.37. The molecule has 162 valence electrons. The summed E-state index contributed by atoms with van der Waals surface area (Å²) in [7, 11) is 0. The minimum atomic E-state index is -0.428. The highest BCUT2D eigenvalue weighted by Crippen LogP contribution is 2.30. The molecule has 2 amide bonds. The number of hydrogen-bond acceptors (Lipinski definition) is 5. The lowest BCUT2D eigenvalue weighted by atomic mass is 10.0. The van der Waals surface area contributed by atoms with Gasteiger partial charge in [-0.3, -0.25) is 19.3 Å². The van der Waals surface area contributed by atoms with Gasteiger partial charge in [-0.05, 0) is 42.7 Å². The first kappa shape index (κ1) is 22.1. The molecule has 0 aliphatic carbocycles. The molecule has 0 fully saturated rings. The van der Waals surface area contributed by atoms with Crippen LogP contribution in [0.2, 0.25) is 0 Å². The van der Waals surface area contributed by atoms with Gasteiger partial charge in [-0.25, -0.2) is 0 Å². The van der Waals surface area contributed by atoms with Gasteiger partial charge in [0.15, 0.2) is 0 Å². The predicted molar refractivity (Wildman–Crippen MR) is 121 cm³/mol. The number of nitrogens with zero attached hydrogens (tertiary/aromatic N) is 1. The monoisotopic (exact) mass is 421 g/mol. The van der Waals surface area contributed by atoms with Crippen LogP contribution in [0.5, 0.6) is 0 Å². The Labute approximate surface area is 182 Å². The zero-order valence-corrected chi connectivity index (χ0v) is 18.0. The SMILES string of the molecule is CCOC(=O)CC1=CC(=O)N(CC(=O)Nc2ccc(C(C)C)cc2)c2ccccc2N1. The topological polar surface area (TPSA) is 87.7 Å². The zero-order chi connectivity index (χ0) is 22.4. The zero-order valence-electron chi connectivity index (χ0n) is 18.0. The standard InChI is InChI=1S/C24H27N3O4/c1-4-31-24(30)14-19-13-23(29)27(21-8-6-5-7-20(21)25-19)15-22(28)26-18-11-9-17(10-12-18)16(2)3/h5-13,16,25H,4,14-15H2,1-3H3,(H,26,28). The number of ether oxygens (including phenoxy) is 1. The first-order chi connectivity index (χ1) is 14.9. The molecule has 0 unspecified atom stereocenters. The molecule has 31 heavy (non-hydrogen) atoms. The molecule has 0 aromatic heterocycles. The van der Waals surface area contributed by atoms with Gasteiger partial charge in [0, 0.05) is 17.5 Å². The third kappa shape index (κ3) is 5.72. The number of rotatable bonds is 7. The minimum Gasteiger partial charge on any atom is -0.466 e. The van der Waals surface area contributed by atoms with E-state index >= 15 is 0 Å². The molecule has 0 atom stereocenters. The van der Waals surface area contributed by atoms with Crippen molar-refractivity contribution in [3.63, 3.8) is 0 Å². The van der Waals surface area contributed by atoms with Gasteiger partial charge in [-0.15, -0.1) is 0 Å². The van der Waals surface area contributed by atoms with Crippen LogP contribution in [-0.2, 0) is 19.1 Å². The van der Waals surface area contributed by atoms with Crippen molar-refractivity contribution in [3.8, 4) is 0 Å². The third-order valence-corrected chi connectivity index (χ3v) is 4.86. The number of nitrogens with one attached hydrogen (secondary N) is 2. The first-order valence-corrected chi connectivity index (χ1v) is 10.3. The van der Waals surface area contributed by atoms with E-state index in [0.717, 1.165) is 0 Å². The summed E-state index contributed by atoms with van der Waals surface area (Å²) >= 11 is 0. The quantitative estimate of drug-likeness (QED) is 0.659. The van der Waals surface area contributed by atoms with Crippen molar-refractivity contribution < 1.29 is 19.1 Å². The Morgan fingerprint density at radius 1 is 1.10 bits per heavy atom. The molecule has 3 rings (SSSR count). The molecule has 1 heterocycles. The number of para-hydroxylation sites is 2. The van der Waals surface area contributed by atoms with Crippen LogP contribution in [0, 0.1) is 0 Å². The van der Waals surface area contributed by atoms with Crippen molar-refractivity contribution in [1.82, 2.24) is 0 Å². The predicted octanol–water partition coefficient (Wildman–Crippen LogP) is 4.04. The number of benzene rings is 2. The fourth-order valence-electron chi connectivity index (χ4n) is 3.29. The van der Waals surface area contributed by atoms with E-state index in [1.807, 2.05) is 30.3 Å². The second kappa shape index (κ2) is 9.93. The lowest BCUT2D eigenvalue weighted by molar-refractivity contribution is -0.142. The van der Waals surface area contributed by atoms with E-state index in [-0.39, 0.29) is 31.4 Å². The third-order valence-electron chi connectivity index (χ3n) is 4.86. The van der Waals surface area contributed by atoms with E-state index in [9.17, 15) is 14.4 Å². The summed E-state index contributed by atoms with van der Waals surface area (Å²) in [6.07, 6.45) is 1.28. The Balaban J connectivity index is 1.77. The van der Waals surface area contributed by atoms with Gasteiger partial charge >= 0.3 is 5.97 Å². The Morgan fingerprint density at radius 2 is 1.81 bits per heavy atom. The summed E-state index contributed by atoms with van der Waals surface area (Å²) in [6.45, 7) is 6.04. The maximum atomic E-state index is 12.9. The highest BCUT2D eigenvalue weighted by Gasteiger charge is 2.25. The Kier molecular flexibility index (Phi) is 7.07. The highest BCUT2D eigenvalue weighted by atomic mass is 16.5. The average molecular weight is 421 g/mol. The van der Waals surface area contributed by atoms with E-state index in [0.29, 0.717) is 28.7 Å². The Morgan fingerprint density at radius 3 is 2.48 bits per heavy atom. The Bertz CT molecular complexity index is 996. The fourth-order valence-corrected chi connectivity index (χ4v) is 3.29. The van der Waals surface area contributed by atoms with E-state index in [1.54, 1.807) is 25.1 Å². The maximum absolute atomic E-state index is 12.9. The maximum Gasteiger partial charge on any atom is 0.311 e. The van der Waals surface area contributed by atoms with Crippen LogP contribution in [0.15, 0.2) is 60.3 Å². The molecule has 1 aliphatic rings. The summed E-state index contributed by atoms with van der Waals surface area (Å²) < 4.78 is 4.98. The molecule has 2 N–H and O–H groups in total. The van der Waals surface area contributed by atoms with Gasteiger partial charge in [0.05, 0.1) is 24.4 Å². The molecule has 0 saturated carbocycles. The molecule has 2 aromatic rings. The highest BCUT2D eigenvalue weighted by molar-refractivity contribution is 6.10. The van der Waals surface area contributed by atoms with E-state index in [4.69, 9.17) is 4.74 Å². The summed E-state index contributed by atoms with van der Waals surface area (Å²) in [5, 5.41) is 5.95. The van der Waals surface area contributed by atoms with Gasteiger partial charge < -0.3 is 15.4 Å². The van der Waals surface area contributed by atoms with Crippen molar-refractivity contribution in [2.75, 3.05) is 28.7 Å². The molecule has 2 aromatic carbocycles. The second-order valence-corrected chi connectivity index (χ2v) is 7.54. The van der Waals surface area contributed by atoms with Crippen LogP contribution >= 0.6 is 0 Å². The van der Waals surface area contributed by atoms with Crippen molar-refractivity contribution in [1.29, 1.82) is 0 Å². The molecular weight excluding hydrogens is 394 g/mol. The molecule has 0 saturated heterocycles. The van der Waals surface area contributed by atoms with Gasteiger partial charge in [0.25, 0.3) is 5.91 Å². The Hall–Kier alpha value is -3.61. The van der Waals surface area contributed by atoms with Gasteiger partial charge in [-0.2, -0.15) is 0 Å². The van der Waals surface area contributed by atoms with E-state index < -0.39 is 5.97 Å². The van der Waals surface area contributed by atoms with Gasteiger partial charge in [0.1, 0.15) is 6.54 Å². The molecule has 0 radical (unpaired) electrons. The minimum absolute atomic E-state index is 0.0594. The normalized spacial score (nSPS) is 13.1. The molecule has 7 nitrogen and oxygen atoms in total. The lowest BCUT2D eigenvalue weighted by Gasteiger charge is -2.21. The molecule has 0 spiro atoms. The van der Waals surface area contributed by atoms with E-state index in [2.05, 4.69) is 24.5 Å². The first-order valence-electron chi connectivity index (χ1n) is 10.3. The van der Waals surface area contributed by atoms with Crippen LogP contribution in [0.25, 0.3) is 0 Å². The van der Waals surface area contributed by atoms with Gasteiger partial charge in [-0.1, -0.05) is 38.1 Å². The smallest absolute Gasteiger partial charge is 0.311 e. The van der Waals surface area contributed by atoms with Crippen LogP contribution < -0.4 is 15.5 Å². The number of carbonyl (C=O) groups excluding carboxylic acids is 3. The van der Waals surface area contributed by atoms with Crippen LogP contribution in [-0.4, -0.2) is 30.9 Å². The molecule has 0 bridgehead atoms. The van der Waals surface area contributed by atoms with E-state index in [1.165, 1.54) is 16.5 Å². The fraction of sp³-hybridized carbons (Fsp3) is 0.292. The molecular formula is C24H27N3O4. The number of esters is 1. The average Bonchev–Trinajstić information content (AvgIpc) is 2.85. The number of carbonyl (C=O) groups is 3. The van der Waals surface area contributed by atoms with Crippen molar-refractivity contribution in [2.24, 2.45) is 0 Å². The number of amides is 2. The van der Waals surface area contributed by atoms with Crippen LogP contribution in [0.4, 0.5) is 17.1 Å². The summed E-state index contributed by atoms with van der Waals surface area (Å²) in [4.78, 5) is 38.9. The van der Waals surface area contributed by atoms with Crippen molar-refractivity contribution >= 4 is 34.8 Å². The van der Waals surface area contributed by atoms with Gasteiger partial charge in [0.2, 0.25) is 5.91 Å². The second-order valence-electron chi connectivity index (χ2n) is 7.54. The number of anilines is 3. The largest absolute Gasteiger partial charge is 0.466 e. The van der Waals surface area contributed by atoms with Crippen LogP contribution in [0.3, 0.4) is 0 Å². The molecule has 7 heteroatoms. The number of fused-ring (bicyclic) bond motifs is 1.